The molecule has 19 heavy (non-hydrogen) atoms. The van der Waals surface area contributed by atoms with Crippen LogP contribution in [0.1, 0.15) is 26.2 Å². The zero-order chi connectivity index (χ0) is 14.3. The van der Waals surface area contributed by atoms with Gasteiger partial charge < -0.3 is 10.4 Å². The second-order valence-corrected chi connectivity index (χ2v) is 6.81. The Morgan fingerprint density at radius 2 is 2.16 bits per heavy atom. The molecule has 7 heteroatoms. The highest BCUT2D eigenvalue weighted by Gasteiger charge is 2.39. The number of rotatable bonds is 7. The van der Waals surface area contributed by atoms with Gasteiger partial charge in [-0.1, -0.05) is 6.42 Å². The van der Waals surface area contributed by atoms with Gasteiger partial charge in [-0.15, -0.1) is 11.8 Å². The summed E-state index contributed by atoms with van der Waals surface area (Å²) in [5, 5.41) is 11.8. The van der Waals surface area contributed by atoms with Crippen molar-refractivity contribution in [1.29, 1.82) is 0 Å². The fourth-order valence-electron chi connectivity index (χ4n) is 1.98. The van der Waals surface area contributed by atoms with E-state index in [1.165, 1.54) is 16.7 Å². The van der Waals surface area contributed by atoms with Gasteiger partial charge in [-0.2, -0.15) is 11.8 Å². The lowest BCUT2D eigenvalue weighted by Gasteiger charge is -2.25. The molecule has 0 aromatic carbocycles. The van der Waals surface area contributed by atoms with Crippen molar-refractivity contribution in [1.82, 2.24) is 10.2 Å². The molecule has 0 spiro atoms. The molecule has 1 fully saturated rings. The lowest BCUT2D eigenvalue weighted by Crippen LogP contribution is -2.49. The number of nitrogens with zero attached hydrogens (tertiary/aromatic N) is 1. The lowest BCUT2D eigenvalue weighted by atomic mass is 10.2. The Morgan fingerprint density at radius 3 is 2.79 bits per heavy atom. The Bertz CT molecular complexity index is 315. The molecular weight excluding hydrogens is 284 g/mol. The molecule has 0 bridgehead atoms. The number of carboxylic acids is 1. The Kier molecular flexibility index (Phi) is 7.45. The number of hydrogen-bond donors (Lipinski definition) is 2. The number of carbonyl (C=O) groups excluding carboxylic acids is 1. The van der Waals surface area contributed by atoms with Gasteiger partial charge in [-0.25, -0.2) is 9.59 Å². The number of hydrogen-bond acceptors (Lipinski definition) is 4. The molecule has 1 rings (SSSR count). The first-order valence-electron chi connectivity index (χ1n) is 6.47. The minimum Gasteiger partial charge on any atom is -0.480 e. The van der Waals surface area contributed by atoms with Crippen LogP contribution in [-0.2, 0) is 4.79 Å². The number of carbonyl (C=O) groups is 2. The van der Waals surface area contributed by atoms with Gasteiger partial charge in [-0.3, -0.25) is 4.90 Å². The van der Waals surface area contributed by atoms with E-state index in [2.05, 4.69) is 11.6 Å². The van der Waals surface area contributed by atoms with Gasteiger partial charge in [0.1, 0.15) is 6.04 Å². The van der Waals surface area contributed by atoms with Gasteiger partial charge in [-0.05, 0) is 31.8 Å². The number of nitrogens with one attached hydrogen (secondary N) is 1. The van der Waals surface area contributed by atoms with Crippen molar-refractivity contribution >= 4 is 35.5 Å². The molecule has 0 aliphatic carbocycles. The Labute approximate surface area is 122 Å². The smallest absolute Gasteiger partial charge is 0.327 e. The highest BCUT2D eigenvalue weighted by molar-refractivity contribution is 8.00. The van der Waals surface area contributed by atoms with E-state index < -0.39 is 12.0 Å². The average Bonchev–Trinajstić information content (AvgIpc) is 2.75. The van der Waals surface area contributed by atoms with Crippen LogP contribution in [0.5, 0.6) is 0 Å². The van der Waals surface area contributed by atoms with Crippen LogP contribution in [0.25, 0.3) is 0 Å². The zero-order valence-corrected chi connectivity index (χ0v) is 13.1. The van der Waals surface area contributed by atoms with E-state index in [1.807, 2.05) is 18.7 Å². The molecular formula is C12H22N2O3S2. The molecule has 1 saturated heterocycles. The second-order valence-electron chi connectivity index (χ2n) is 4.48. The predicted molar refractivity (Wildman–Crippen MR) is 80.8 cm³/mol. The normalized spacial score (nSPS) is 22.5. The van der Waals surface area contributed by atoms with Crippen molar-refractivity contribution < 1.29 is 14.7 Å². The average molecular weight is 306 g/mol. The minimum atomic E-state index is -0.924. The number of aliphatic carboxylic acids is 1. The first-order chi connectivity index (χ1) is 9.07. The Hall–Kier alpha value is -0.560. The highest BCUT2D eigenvalue weighted by atomic mass is 32.2. The molecule has 0 radical (unpaired) electrons. The summed E-state index contributed by atoms with van der Waals surface area (Å²) in [6.45, 7) is 2.49. The van der Waals surface area contributed by atoms with Crippen molar-refractivity contribution in [3.05, 3.63) is 0 Å². The molecule has 1 aliphatic heterocycles. The molecule has 0 aromatic rings. The largest absolute Gasteiger partial charge is 0.480 e. The number of unbranched alkanes of at least 4 members (excludes halogenated alkanes) is 2. The molecule has 2 unspecified atom stereocenters. The number of urea groups is 1. The van der Waals surface area contributed by atoms with E-state index in [9.17, 15) is 9.59 Å². The molecule has 1 heterocycles. The van der Waals surface area contributed by atoms with Crippen LogP contribution in [0.4, 0.5) is 4.79 Å². The van der Waals surface area contributed by atoms with E-state index >= 15 is 0 Å². The second kappa shape index (κ2) is 8.58. The fourth-order valence-corrected chi connectivity index (χ4v) is 3.64. The van der Waals surface area contributed by atoms with Crippen molar-refractivity contribution in [2.45, 2.75) is 37.6 Å². The predicted octanol–water partition coefficient (Wildman–Crippen LogP) is 2.08. The summed E-state index contributed by atoms with van der Waals surface area (Å²) in [6, 6.07) is -0.953. The topological polar surface area (TPSA) is 69.6 Å². The molecule has 0 saturated carbocycles. The SMILES string of the molecule is CSCCCCCNC(=O)N1C(C)SCC1C(=O)O. The van der Waals surface area contributed by atoms with Gasteiger partial charge in [0.25, 0.3) is 0 Å². The summed E-state index contributed by atoms with van der Waals surface area (Å²) in [5.41, 5.74) is 0. The Balaban J connectivity index is 2.29. The molecule has 2 N–H and O–H groups in total. The fraction of sp³-hybridized carbons (Fsp3) is 0.833. The summed E-state index contributed by atoms with van der Waals surface area (Å²) < 4.78 is 0. The van der Waals surface area contributed by atoms with Gasteiger partial charge in [0.2, 0.25) is 0 Å². The first-order valence-corrected chi connectivity index (χ1v) is 8.91. The van der Waals surface area contributed by atoms with Crippen LogP contribution in [0.2, 0.25) is 0 Å². The third-order valence-electron chi connectivity index (χ3n) is 3.04. The number of amides is 2. The van der Waals surface area contributed by atoms with E-state index in [-0.39, 0.29) is 11.4 Å². The third kappa shape index (κ3) is 5.14. The van der Waals surface area contributed by atoms with Crippen LogP contribution in [-0.4, -0.2) is 57.7 Å². The lowest BCUT2D eigenvalue weighted by molar-refractivity contribution is -0.141. The van der Waals surface area contributed by atoms with E-state index in [1.54, 1.807) is 0 Å². The first kappa shape index (κ1) is 16.5. The van der Waals surface area contributed by atoms with E-state index in [0.717, 1.165) is 25.0 Å². The maximum absolute atomic E-state index is 12.0. The van der Waals surface area contributed by atoms with Crippen LogP contribution in [0.3, 0.4) is 0 Å². The van der Waals surface area contributed by atoms with Crippen molar-refractivity contribution in [3.8, 4) is 0 Å². The van der Waals surface area contributed by atoms with Crippen molar-refractivity contribution in [2.75, 3.05) is 24.3 Å². The molecule has 5 nitrogen and oxygen atoms in total. The Morgan fingerprint density at radius 1 is 1.42 bits per heavy atom. The number of thioether (sulfide) groups is 2. The van der Waals surface area contributed by atoms with Crippen molar-refractivity contribution in [3.63, 3.8) is 0 Å². The van der Waals surface area contributed by atoms with Crippen LogP contribution >= 0.6 is 23.5 Å². The molecule has 0 aromatic heterocycles. The maximum atomic E-state index is 12.0. The molecule has 2 atom stereocenters. The standard InChI is InChI=1S/C12H22N2O3S2/c1-9-14(10(8-19-9)11(15)16)12(17)13-6-4-3-5-7-18-2/h9-10H,3-8H2,1-2H3,(H,13,17)(H,15,16). The van der Waals surface area contributed by atoms with Crippen LogP contribution in [0, 0.1) is 0 Å². The third-order valence-corrected chi connectivity index (χ3v) is 4.96. The molecule has 2 amide bonds. The summed E-state index contributed by atoms with van der Waals surface area (Å²) in [7, 11) is 0. The quantitative estimate of drug-likeness (QED) is 0.705. The van der Waals surface area contributed by atoms with E-state index in [0.29, 0.717) is 12.3 Å². The maximum Gasteiger partial charge on any atom is 0.327 e. The van der Waals surface area contributed by atoms with E-state index in [4.69, 9.17) is 5.11 Å². The summed E-state index contributed by atoms with van der Waals surface area (Å²) in [5.74, 6) is 0.693. The summed E-state index contributed by atoms with van der Waals surface area (Å²) >= 11 is 3.33. The highest BCUT2D eigenvalue weighted by Crippen LogP contribution is 2.28. The van der Waals surface area contributed by atoms with Crippen LogP contribution in [0.15, 0.2) is 0 Å². The number of carboxylic acid groups (broad SMARTS) is 1. The van der Waals surface area contributed by atoms with Gasteiger partial charge in [0.15, 0.2) is 0 Å². The molecule has 1 aliphatic rings. The van der Waals surface area contributed by atoms with Gasteiger partial charge in [0.05, 0.1) is 5.37 Å². The summed E-state index contributed by atoms with van der Waals surface area (Å²) in [6.07, 6.45) is 5.28. The monoisotopic (exact) mass is 306 g/mol. The van der Waals surface area contributed by atoms with Gasteiger partial charge in [0, 0.05) is 12.3 Å². The zero-order valence-electron chi connectivity index (χ0n) is 11.4. The van der Waals surface area contributed by atoms with Crippen molar-refractivity contribution in [2.24, 2.45) is 0 Å². The molecule has 110 valence electrons. The van der Waals surface area contributed by atoms with Crippen LogP contribution < -0.4 is 5.32 Å². The van der Waals surface area contributed by atoms with Gasteiger partial charge >= 0.3 is 12.0 Å². The summed E-state index contributed by atoms with van der Waals surface area (Å²) in [4.78, 5) is 24.5. The minimum absolute atomic E-state index is 0.0717.